The third kappa shape index (κ3) is 3.57. The number of hydrogen-bond donors (Lipinski definition) is 2. The quantitative estimate of drug-likeness (QED) is 0.909. The van der Waals surface area contributed by atoms with Gasteiger partial charge >= 0.3 is 12.1 Å². The molecule has 0 aliphatic carbocycles. The monoisotopic (exact) mass is 315 g/mol. The standard InChI is InChI=1S/C14H12F3NO4/c1-7-3-2-4-8-5-10(22-11(7)8)12(19)18-9(13(20)21)6-14(15,16)17/h2-5,9H,6H2,1H3,(H,18,19)(H,20,21). The Morgan fingerprint density at radius 1 is 1.36 bits per heavy atom. The smallest absolute Gasteiger partial charge is 0.391 e. The van der Waals surface area contributed by atoms with Gasteiger partial charge in [-0.15, -0.1) is 0 Å². The number of alkyl halides is 3. The van der Waals surface area contributed by atoms with E-state index in [0.717, 1.165) is 5.56 Å². The van der Waals surface area contributed by atoms with Gasteiger partial charge in [0.05, 0.1) is 6.42 Å². The van der Waals surface area contributed by atoms with Crippen LogP contribution in [-0.2, 0) is 4.79 Å². The van der Waals surface area contributed by atoms with Crippen molar-refractivity contribution in [2.75, 3.05) is 0 Å². The highest BCUT2D eigenvalue weighted by Gasteiger charge is 2.36. The Balaban J connectivity index is 2.22. The molecule has 1 heterocycles. The van der Waals surface area contributed by atoms with E-state index in [-0.39, 0.29) is 5.76 Å². The number of carboxylic acid groups (broad SMARTS) is 1. The summed E-state index contributed by atoms with van der Waals surface area (Å²) in [5.41, 5.74) is 1.18. The third-order valence-electron chi connectivity index (χ3n) is 3.00. The Morgan fingerprint density at radius 3 is 2.59 bits per heavy atom. The SMILES string of the molecule is Cc1cccc2cc(C(=O)NC(CC(F)(F)F)C(=O)O)oc12. The van der Waals surface area contributed by atoms with Crippen LogP contribution in [0.15, 0.2) is 28.7 Å². The summed E-state index contributed by atoms with van der Waals surface area (Å²) in [7, 11) is 0. The van der Waals surface area contributed by atoms with Crippen LogP contribution in [0, 0.1) is 6.92 Å². The van der Waals surface area contributed by atoms with E-state index in [4.69, 9.17) is 9.52 Å². The first-order chi connectivity index (χ1) is 10.2. The molecule has 118 valence electrons. The van der Waals surface area contributed by atoms with Crippen molar-refractivity contribution in [1.82, 2.24) is 5.32 Å². The summed E-state index contributed by atoms with van der Waals surface area (Å²) < 4.78 is 42.2. The van der Waals surface area contributed by atoms with Crippen LogP contribution in [0.2, 0.25) is 0 Å². The molecule has 1 unspecified atom stereocenters. The zero-order valence-electron chi connectivity index (χ0n) is 11.4. The van der Waals surface area contributed by atoms with Crippen LogP contribution in [-0.4, -0.2) is 29.2 Å². The van der Waals surface area contributed by atoms with Crippen molar-refractivity contribution in [1.29, 1.82) is 0 Å². The fraction of sp³-hybridized carbons (Fsp3) is 0.286. The number of halogens is 3. The Bertz CT molecular complexity index is 720. The van der Waals surface area contributed by atoms with E-state index < -0.39 is 30.5 Å². The van der Waals surface area contributed by atoms with Gasteiger partial charge in [-0.1, -0.05) is 18.2 Å². The number of fused-ring (bicyclic) bond motifs is 1. The molecule has 22 heavy (non-hydrogen) atoms. The summed E-state index contributed by atoms with van der Waals surface area (Å²) in [6, 6.07) is 4.44. The number of hydrogen-bond acceptors (Lipinski definition) is 3. The number of aryl methyl sites for hydroxylation is 1. The first kappa shape index (κ1) is 15.9. The third-order valence-corrected chi connectivity index (χ3v) is 3.00. The largest absolute Gasteiger partial charge is 0.480 e. The molecule has 8 heteroatoms. The average Bonchev–Trinajstić information content (AvgIpc) is 2.81. The molecule has 1 amide bonds. The molecule has 2 N–H and O–H groups in total. The average molecular weight is 315 g/mol. The number of para-hydroxylation sites is 1. The summed E-state index contributed by atoms with van der Waals surface area (Å²) >= 11 is 0. The predicted molar refractivity (Wildman–Crippen MR) is 70.5 cm³/mol. The topological polar surface area (TPSA) is 79.5 Å². The van der Waals surface area contributed by atoms with Gasteiger partial charge in [-0.05, 0) is 18.6 Å². The minimum atomic E-state index is -4.71. The maximum atomic E-state index is 12.3. The first-order valence-electron chi connectivity index (χ1n) is 6.27. The van der Waals surface area contributed by atoms with Crippen LogP contribution >= 0.6 is 0 Å². The molecular weight excluding hydrogens is 303 g/mol. The molecule has 5 nitrogen and oxygen atoms in total. The molecule has 1 aromatic carbocycles. The van der Waals surface area contributed by atoms with Crippen molar-refractivity contribution in [3.63, 3.8) is 0 Å². The number of carbonyl (C=O) groups excluding carboxylic acids is 1. The van der Waals surface area contributed by atoms with Crippen LogP contribution in [0.4, 0.5) is 13.2 Å². The molecule has 0 saturated heterocycles. The second-order valence-corrected chi connectivity index (χ2v) is 4.79. The van der Waals surface area contributed by atoms with Gasteiger partial charge in [-0.25, -0.2) is 4.79 Å². The lowest BCUT2D eigenvalue weighted by Crippen LogP contribution is -2.43. The highest BCUT2D eigenvalue weighted by atomic mass is 19.4. The van der Waals surface area contributed by atoms with Gasteiger partial charge in [0, 0.05) is 5.39 Å². The van der Waals surface area contributed by atoms with E-state index in [1.165, 1.54) is 6.07 Å². The van der Waals surface area contributed by atoms with E-state index in [1.807, 2.05) is 5.32 Å². The van der Waals surface area contributed by atoms with E-state index >= 15 is 0 Å². The summed E-state index contributed by atoms with van der Waals surface area (Å²) in [5.74, 6) is -3.01. The van der Waals surface area contributed by atoms with Crippen molar-refractivity contribution in [3.8, 4) is 0 Å². The van der Waals surface area contributed by atoms with Crippen molar-refractivity contribution in [2.45, 2.75) is 25.6 Å². The van der Waals surface area contributed by atoms with Crippen LogP contribution in [0.5, 0.6) is 0 Å². The molecule has 0 fully saturated rings. The minimum absolute atomic E-state index is 0.238. The van der Waals surface area contributed by atoms with Crippen molar-refractivity contribution < 1.29 is 32.3 Å². The zero-order chi connectivity index (χ0) is 16.5. The second-order valence-electron chi connectivity index (χ2n) is 4.79. The van der Waals surface area contributed by atoms with Gasteiger partial charge in [-0.2, -0.15) is 13.2 Å². The van der Waals surface area contributed by atoms with Gasteiger partial charge in [-0.3, -0.25) is 4.79 Å². The Labute approximate surface area is 122 Å². The van der Waals surface area contributed by atoms with Crippen LogP contribution in [0.3, 0.4) is 0 Å². The van der Waals surface area contributed by atoms with E-state index in [0.29, 0.717) is 11.0 Å². The lowest BCUT2D eigenvalue weighted by atomic mass is 10.1. The molecular formula is C14H12F3NO4. The van der Waals surface area contributed by atoms with E-state index in [9.17, 15) is 22.8 Å². The number of nitrogens with one attached hydrogen (secondary N) is 1. The molecule has 0 saturated carbocycles. The number of carboxylic acids is 1. The molecule has 0 aliphatic heterocycles. The molecule has 0 radical (unpaired) electrons. The summed E-state index contributed by atoms with van der Waals surface area (Å²) in [6.07, 6.45) is -6.37. The maximum absolute atomic E-state index is 12.3. The molecule has 1 aromatic heterocycles. The molecule has 1 atom stereocenters. The molecule has 0 spiro atoms. The summed E-state index contributed by atoms with van der Waals surface area (Å²) in [6.45, 7) is 1.75. The van der Waals surface area contributed by atoms with Gasteiger partial charge < -0.3 is 14.8 Å². The van der Waals surface area contributed by atoms with Crippen LogP contribution in [0.25, 0.3) is 11.0 Å². The van der Waals surface area contributed by atoms with Crippen molar-refractivity contribution in [3.05, 3.63) is 35.6 Å². The predicted octanol–water partition coefficient (Wildman–Crippen LogP) is 2.88. The second kappa shape index (κ2) is 5.70. The number of carbonyl (C=O) groups is 2. The van der Waals surface area contributed by atoms with Crippen LogP contribution < -0.4 is 5.32 Å². The Hall–Kier alpha value is -2.51. The van der Waals surface area contributed by atoms with Crippen molar-refractivity contribution >= 4 is 22.8 Å². The minimum Gasteiger partial charge on any atom is -0.480 e. The first-order valence-corrected chi connectivity index (χ1v) is 6.27. The lowest BCUT2D eigenvalue weighted by molar-refractivity contribution is -0.157. The molecule has 2 rings (SSSR count). The highest BCUT2D eigenvalue weighted by molar-refractivity contribution is 5.98. The number of benzene rings is 1. The summed E-state index contributed by atoms with van der Waals surface area (Å²) in [5, 5.41) is 11.2. The normalized spacial score (nSPS) is 13.1. The van der Waals surface area contributed by atoms with Crippen LogP contribution in [0.1, 0.15) is 22.5 Å². The van der Waals surface area contributed by atoms with Crippen molar-refractivity contribution in [2.24, 2.45) is 0 Å². The number of rotatable bonds is 4. The van der Waals surface area contributed by atoms with Gasteiger partial charge in [0.25, 0.3) is 5.91 Å². The van der Waals surface area contributed by atoms with Gasteiger partial charge in [0.15, 0.2) is 5.76 Å². The Morgan fingerprint density at radius 2 is 2.05 bits per heavy atom. The zero-order valence-corrected chi connectivity index (χ0v) is 11.4. The molecule has 2 aromatic rings. The van der Waals surface area contributed by atoms with Gasteiger partial charge in [0.2, 0.25) is 0 Å². The van der Waals surface area contributed by atoms with Gasteiger partial charge in [0.1, 0.15) is 11.6 Å². The Kier molecular flexibility index (Phi) is 4.11. The maximum Gasteiger partial charge on any atom is 0.391 e. The fourth-order valence-electron chi connectivity index (χ4n) is 1.98. The van der Waals surface area contributed by atoms with E-state index in [1.54, 1.807) is 25.1 Å². The number of amides is 1. The molecule has 0 bridgehead atoms. The molecule has 0 aliphatic rings. The number of aliphatic carboxylic acids is 1. The highest BCUT2D eigenvalue weighted by Crippen LogP contribution is 2.24. The summed E-state index contributed by atoms with van der Waals surface area (Å²) in [4.78, 5) is 22.7. The fourth-order valence-corrected chi connectivity index (χ4v) is 1.98. The number of furan rings is 1. The van der Waals surface area contributed by atoms with E-state index in [2.05, 4.69) is 0 Å². The lowest BCUT2D eigenvalue weighted by Gasteiger charge is -2.15.